The fourth-order valence-corrected chi connectivity index (χ4v) is 4.12. The maximum atomic E-state index is 13.4. The van der Waals surface area contributed by atoms with Crippen molar-refractivity contribution in [3.05, 3.63) is 65.9 Å². The molecule has 1 saturated heterocycles. The van der Waals surface area contributed by atoms with Crippen LogP contribution in [0, 0.1) is 0 Å². The molecule has 1 unspecified atom stereocenters. The quantitative estimate of drug-likeness (QED) is 0.499. The van der Waals surface area contributed by atoms with Crippen molar-refractivity contribution < 1.29 is 28.6 Å². The van der Waals surface area contributed by atoms with Crippen LogP contribution in [0.15, 0.2) is 54.6 Å². The van der Waals surface area contributed by atoms with Gasteiger partial charge in [-0.1, -0.05) is 30.3 Å². The fraction of sp³-hybridized carbons (Fsp3) is 0.346. The minimum absolute atomic E-state index is 0.0702. The summed E-state index contributed by atoms with van der Waals surface area (Å²) in [5.41, 5.74) is 2.17. The number of para-hydroxylation sites is 1. The molecule has 1 aromatic heterocycles. The number of carbonyl (C=O) groups is 3. The van der Waals surface area contributed by atoms with Crippen molar-refractivity contribution in [2.75, 3.05) is 40.4 Å². The molecule has 3 aromatic rings. The number of ether oxygens (including phenoxy) is 3. The largest absolute Gasteiger partial charge is 0.497 e. The monoisotopic (exact) mass is 479 g/mol. The molecular formula is C26H29N3O6. The highest BCUT2D eigenvalue weighted by Crippen LogP contribution is 2.19. The van der Waals surface area contributed by atoms with E-state index in [0.29, 0.717) is 5.69 Å². The first-order chi connectivity index (χ1) is 17.0. The molecule has 2 amide bonds. The number of nitrogens with zero attached hydrogens (tertiary/aromatic N) is 2. The lowest BCUT2D eigenvalue weighted by Gasteiger charge is -2.24. The van der Waals surface area contributed by atoms with E-state index in [9.17, 15) is 14.4 Å². The molecule has 1 atom stereocenters. The number of carbonyl (C=O) groups excluding carboxylic acids is 3. The van der Waals surface area contributed by atoms with Crippen molar-refractivity contribution in [2.45, 2.75) is 19.1 Å². The van der Waals surface area contributed by atoms with E-state index >= 15 is 0 Å². The molecule has 1 aliphatic heterocycles. The van der Waals surface area contributed by atoms with Gasteiger partial charge < -0.3 is 29.0 Å². The van der Waals surface area contributed by atoms with Crippen LogP contribution in [0.1, 0.15) is 22.5 Å². The molecule has 2 aromatic carbocycles. The summed E-state index contributed by atoms with van der Waals surface area (Å²) in [5.74, 6) is -0.204. The molecule has 9 nitrogen and oxygen atoms in total. The van der Waals surface area contributed by atoms with Crippen LogP contribution in [0.5, 0.6) is 5.75 Å². The number of hydrogen-bond donors (Lipinski definition) is 1. The molecule has 0 saturated carbocycles. The number of hydrogen-bond acceptors (Lipinski definition) is 6. The number of methoxy groups -OCH3 is 2. The number of nitrogens with one attached hydrogen (secondary N) is 1. The fourth-order valence-electron chi connectivity index (χ4n) is 4.12. The van der Waals surface area contributed by atoms with Crippen molar-refractivity contribution in [1.82, 2.24) is 14.8 Å². The summed E-state index contributed by atoms with van der Waals surface area (Å²) < 4.78 is 16.2. The summed E-state index contributed by atoms with van der Waals surface area (Å²) >= 11 is 0. The smallest absolute Gasteiger partial charge is 0.307 e. The standard InChI is InChI=1S/C26H29N3O6/c1-33-20-8-5-6-18(12-20)17-35-21-14-28(11-10-25(31)34-2)24(30)16-29(15-21)26(32)23-13-19-7-3-4-9-22(19)27-23/h3-9,12-13,21,27H,10-11,14-17H2,1-2H3. The maximum absolute atomic E-state index is 13.4. The Morgan fingerprint density at radius 3 is 2.66 bits per heavy atom. The van der Waals surface area contributed by atoms with Crippen molar-refractivity contribution in [2.24, 2.45) is 0 Å². The number of benzene rings is 2. The number of aromatic amines is 1. The lowest BCUT2D eigenvalue weighted by Crippen LogP contribution is -2.40. The average Bonchev–Trinajstić information content (AvgIpc) is 3.25. The van der Waals surface area contributed by atoms with Crippen molar-refractivity contribution in [3.63, 3.8) is 0 Å². The van der Waals surface area contributed by atoms with Gasteiger partial charge in [-0.2, -0.15) is 0 Å². The number of aromatic nitrogens is 1. The van der Waals surface area contributed by atoms with Gasteiger partial charge in [-0.25, -0.2) is 0 Å². The van der Waals surface area contributed by atoms with E-state index < -0.39 is 12.1 Å². The van der Waals surface area contributed by atoms with Gasteiger partial charge in [0.05, 0.1) is 33.4 Å². The summed E-state index contributed by atoms with van der Waals surface area (Å²) in [6.45, 7) is 0.873. The average molecular weight is 480 g/mol. The highest BCUT2D eigenvalue weighted by atomic mass is 16.5. The molecule has 35 heavy (non-hydrogen) atoms. The minimum atomic E-state index is -0.446. The maximum Gasteiger partial charge on any atom is 0.307 e. The van der Waals surface area contributed by atoms with Gasteiger partial charge in [0, 0.05) is 30.5 Å². The molecular weight excluding hydrogens is 450 g/mol. The zero-order valence-electron chi connectivity index (χ0n) is 19.9. The van der Waals surface area contributed by atoms with Crippen LogP contribution in [-0.4, -0.2) is 79.1 Å². The van der Waals surface area contributed by atoms with Gasteiger partial charge in [0.1, 0.15) is 18.0 Å². The van der Waals surface area contributed by atoms with Crippen LogP contribution in [0.25, 0.3) is 10.9 Å². The first kappa shape index (κ1) is 24.3. The summed E-state index contributed by atoms with van der Waals surface area (Å²) in [4.78, 5) is 44.3. The summed E-state index contributed by atoms with van der Waals surface area (Å²) in [7, 11) is 2.91. The zero-order chi connectivity index (χ0) is 24.8. The van der Waals surface area contributed by atoms with Gasteiger partial charge >= 0.3 is 5.97 Å². The predicted molar refractivity (Wildman–Crippen MR) is 129 cm³/mol. The third-order valence-electron chi connectivity index (χ3n) is 6.01. The molecule has 1 N–H and O–H groups in total. The second-order valence-electron chi connectivity index (χ2n) is 8.41. The summed E-state index contributed by atoms with van der Waals surface area (Å²) in [6, 6.07) is 16.9. The Bertz CT molecular complexity index is 1170. The number of amides is 2. The second kappa shape index (κ2) is 11.1. The molecule has 9 heteroatoms. The molecule has 0 aliphatic carbocycles. The highest BCUT2D eigenvalue weighted by Gasteiger charge is 2.32. The van der Waals surface area contributed by atoms with E-state index in [-0.39, 0.29) is 51.0 Å². The minimum Gasteiger partial charge on any atom is -0.497 e. The molecule has 0 bridgehead atoms. The van der Waals surface area contributed by atoms with Gasteiger partial charge in [-0.3, -0.25) is 14.4 Å². The Hall–Kier alpha value is -3.85. The van der Waals surface area contributed by atoms with Crippen molar-refractivity contribution in [3.8, 4) is 5.75 Å². The van der Waals surface area contributed by atoms with E-state index in [4.69, 9.17) is 14.2 Å². The van der Waals surface area contributed by atoms with Crippen LogP contribution in [-0.2, 0) is 25.7 Å². The second-order valence-corrected chi connectivity index (χ2v) is 8.41. The van der Waals surface area contributed by atoms with Gasteiger partial charge in [0.25, 0.3) is 5.91 Å². The van der Waals surface area contributed by atoms with Crippen molar-refractivity contribution in [1.29, 1.82) is 0 Å². The number of esters is 1. The molecule has 0 radical (unpaired) electrons. The molecule has 1 aliphatic rings. The van der Waals surface area contributed by atoms with Gasteiger partial charge in [0.2, 0.25) is 5.91 Å². The predicted octanol–water partition coefficient (Wildman–Crippen LogP) is 2.61. The number of rotatable bonds is 8. The van der Waals surface area contributed by atoms with E-state index in [0.717, 1.165) is 22.2 Å². The first-order valence-corrected chi connectivity index (χ1v) is 11.4. The van der Waals surface area contributed by atoms with E-state index in [1.165, 1.54) is 12.0 Å². The van der Waals surface area contributed by atoms with Gasteiger partial charge in [0.15, 0.2) is 0 Å². The topological polar surface area (TPSA) is 101 Å². The number of H-pyrrole nitrogens is 1. The Labute approximate surface area is 203 Å². The molecule has 1 fully saturated rings. The van der Waals surface area contributed by atoms with E-state index in [1.807, 2.05) is 48.5 Å². The lowest BCUT2D eigenvalue weighted by molar-refractivity contribution is -0.142. The summed E-state index contributed by atoms with van der Waals surface area (Å²) in [6.07, 6.45) is -0.375. The van der Waals surface area contributed by atoms with Gasteiger partial charge in [-0.15, -0.1) is 0 Å². The zero-order valence-corrected chi connectivity index (χ0v) is 19.9. The van der Waals surface area contributed by atoms with Crippen LogP contribution < -0.4 is 4.74 Å². The normalized spacial score (nSPS) is 16.3. The van der Waals surface area contributed by atoms with Crippen LogP contribution in [0.4, 0.5) is 0 Å². The Balaban J connectivity index is 1.52. The van der Waals surface area contributed by atoms with Gasteiger partial charge in [-0.05, 0) is 29.8 Å². The van der Waals surface area contributed by atoms with Crippen LogP contribution in [0.3, 0.4) is 0 Å². The van der Waals surface area contributed by atoms with Crippen molar-refractivity contribution >= 4 is 28.7 Å². The third-order valence-corrected chi connectivity index (χ3v) is 6.01. The first-order valence-electron chi connectivity index (χ1n) is 11.4. The van der Waals surface area contributed by atoms with E-state index in [1.54, 1.807) is 18.1 Å². The highest BCUT2D eigenvalue weighted by molar-refractivity contribution is 5.99. The molecule has 2 heterocycles. The van der Waals surface area contributed by atoms with Crippen LogP contribution in [0.2, 0.25) is 0 Å². The SMILES string of the molecule is COC(=O)CCN1CC(OCc2cccc(OC)c2)CN(C(=O)c2cc3ccccc3[nH]2)CC1=O. The molecule has 0 spiro atoms. The Morgan fingerprint density at radius 2 is 1.89 bits per heavy atom. The molecule has 4 rings (SSSR count). The third kappa shape index (κ3) is 5.99. The number of fused-ring (bicyclic) bond motifs is 1. The Kier molecular flexibility index (Phi) is 7.67. The van der Waals surface area contributed by atoms with E-state index in [2.05, 4.69) is 4.98 Å². The summed E-state index contributed by atoms with van der Waals surface area (Å²) in [5, 5.41) is 0.919. The molecule has 184 valence electrons. The Morgan fingerprint density at radius 1 is 1.06 bits per heavy atom. The lowest BCUT2D eigenvalue weighted by atomic mass is 10.2. The van der Waals surface area contributed by atoms with Crippen LogP contribution >= 0.6 is 0 Å².